The molecule has 0 aliphatic carbocycles. The number of hydrogen-bond acceptors (Lipinski definition) is 3. The predicted molar refractivity (Wildman–Crippen MR) is 114 cm³/mol. The first kappa shape index (κ1) is 23.7. The molecular weight excluding hydrogens is 336 g/mol. The van der Waals surface area contributed by atoms with Gasteiger partial charge in [-0.3, -0.25) is 9.69 Å². The Morgan fingerprint density at radius 3 is 2.11 bits per heavy atom. The lowest BCUT2D eigenvalue weighted by Crippen LogP contribution is -2.31. The van der Waals surface area contributed by atoms with Crippen LogP contribution in [-0.4, -0.2) is 40.6 Å². The first-order chi connectivity index (χ1) is 13.3. The fourth-order valence-corrected chi connectivity index (χ4v) is 3.39. The maximum absolute atomic E-state index is 12.1. The molecule has 4 nitrogen and oxygen atoms in total. The Labute approximate surface area is 167 Å². The molecule has 0 saturated heterocycles. The third-order valence-corrected chi connectivity index (χ3v) is 5.15. The van der Waals surface area contributed by atoms with Crippen LogP contribution in [-0.2, 0) is 4.79 Å². The van der Waals surface area contributed by atoms with Crippen LogP contribution in [0.5, 0.6) is 0 Å². The van der Waals surface area contributed by atoms with E-state index in [-0.39, 0.29) is 12.5 Å². The quantitative estimate of drug-likeness (QED) is 0.265. The van der Waals surface area contributed by atoms with Crippen molar-refractivity contribution in [1.29, 1.82) is 0 Å². The summed E-state index contributed by atoms with van der Waals surface area (Å²) in [6.07, 6.45) is 25.7. The second-order valence-corrected chi connectivity index (χ2v) is 7.67. The summed E-state index contributed by atoms with van der Waals surface area (Å²) in [6.45, 7) is 3.57. The molecule has 1 aliphatic heterocycles. The van der Waals surface area contributed by atoms with Gasteiger partial charge in [0.15, 0.2) is 0 Å². The molecule has 4 heteroatoms. The van der Waals surface area contributed by atoms with Gasteiger partial charge in [-0.15, -0.1) is 0 Å². The van der Waals surface area contributed by atoms with Gasteiger partial charge in [-0.25, -0.2) is 0 Å². The number of rotatable bonds is 17. The molecule has 0 aromatic heterocycles. The summed E-state index contributed by atoms with van der Waals surface area (Å²) in [7, 11) is 0. The summed E-state index contributed by atoms with van der Waals surface area (Å²) in [5.41, 5.74) is 0. The van der Waals surface area contributed by atoms with Gasteiger partial charge in [0.05, 0.1) is 13.3 Å². The van der Waals surface area contributed by atoms with E-state index in [1.54, 1.807) is 4.90 Å². The Morgan fingerprint density at radius 1 is 0.889 bits per heavy atom. The van der Waals surface area contributed by atoms with Crippen LogP contribution in [0.4, 0.5) is 0 Å². The van der Waals surface area contributed by atoms with Crippen molar-refractivity contribution >= 4 is 5.91 Å². The minimum Gasteiger partial charge on any atom is -0.395 e. The third kappa shape index (κ3) is 12.7. The Balaban J connectivity index is 1.84. The Morgan fingerprint density at radius 2 is 1.48 bits per heavy atom. The van der Waals surface area contributed by atoms with Crippen molar-refractivity contribution in [2.45, 2.75) is 96.8 Å². The lowest BCUT2D eigenvalue weighted by molar-refractivity contribution is -0.129. The van der Waals surface area contributed by atoms with Crippen molar-refractivity contribution in [3.8, 4) is 0 Å². The van der Waals surface area contributed by atoms with Gasteiger partial charge in [0, 0.05) is 25.4 Å². The van der Waals surface area contributed by atoms with E-state index >= 15 is 0 Å². The molecule has 1 aliphatic rings. The molecule has 1 rings (SSSR count). The van der Waals surface area contributed by atoms with Crippen molar-refractivity contribution in [3.05, 3.63) is 24.6 Å². The van der Waals surface area contributed by atoms with E-state index in [4.69, 9.17) is 5.11 Å². The molecule has 1 amide bonds. The smallest absolute Gasteiger partial charge is 0.228 e. The van der Waals surface area contributed by atoms with Crippen LogP contribution < -0.4 is 0 Å². The van der Waals surface area contributed by atoms with Gasteiger partial charge >= 0.3 is 0 Å². The van der Waals surface area contributed by atoms with Gasteiger partial charge in [-0.1, -0.05) is 70.4 Å². The molecule has 0 aromatic rings. The molecular formula is C23H42N2O2. The maximum atomic E-state index is 12.1. The van der Waals surface area contributed by atoms with Gasteiger partial charge in [-0.05, 0) is 32.1 Å². The zero-order valence-corrected chi connectivity index (χ0v) is 17.6. The van der Waals surface area contributed by atoms with Crippen molar-refractivity contribution in [3.63, 3.8) is 0 Å². The predicted octanol–water partition coefficient (Wildman–Crippen LogP) is 5.59. The summed E-state index contributed by atoms with van der Waals surface area (Å²) in [5, 5.41) is 8.92. The average Bonchev–Trinajstić information content (AvgIpc) is 3.14. The van der Waals surface area contributed by atoms with Crippen LogP contribution >= 0.6 is 0 Å². The minimum absolute atomic E-state index is 0.126. The zero-order chi connectivity index (χ0) is 19.6. The number of aliphatic hydroxyl groups excluding tert-OH is 1. The number of carbonyl (C=O) groups is 1. The largest absolute Gasteiger partial charge is 0.395 e. The zero-order valence-electron chi connectivity index (χ0n) is 17.6. The Hall–Kier alpha value is -1.29. The van der Waals surface area contributed by atoms with Crippen LogP contribution in [0.15, 0.2) is 24.6 Å². The van der Waals surface area contributed by atoms with Crippen molar-refractivity contribution < 1.29 is 9.90 Å². The molecule has 0 atom stereocenters. The first-order valence-electron chi connectivity index (χ1n) is 11.3. The SMILES string of the molecule is CCCCCCCC/C=C\CCCCCCCC(=O)N1C=CN(CCO)C1. The molecule has 0 spiro atoms. The highest BCUT2D eigenvalue weighted by atomic mass is 16.3. The van der Waals surface area contributed by atoms with Crippen molar-refractivity contribution in [1.82, 2.24) is 9.80 Å². The number of β-amino-alcohol motifs (C(OH)–C–C–N with tert-alkyl or cyclic N) is 1. The number of hydrogen-bond donors (Lipinski definition) is 1. The number of carbonyl (C=O) groups excluding carboxylic acids is 1. The van der Waals surface area contributed by atoms with E-state index in [2.05, 4.69) is 19.1 Å². The Bertz CT molecular complexity index is 421. The molecule has 0 fully saturated rings. The molecule has 0 bridgehead atoms. The van der Waals surface area contributed by atoms with Crippen molar-refractivity contribution in [2.75, 3.05) is 19.8 Å². The summed E-state index contributed by atoms with van der Waals surface area (Å²) in [6, 6.07) is 0. The lowest BCUT2D eigenvalue weighted by Gasteiger charge is -2.19. The van der Waals surface area contributed by atoms with Gasteiger partial charge in [0.2, 0.25) is 5.91 Å². The summed E-state index contributed by atoms with van der Waals surface area (Å²) in [5.74, 6) is 0.198. The molecule has 156 valence electrons. The summed E-state index contributed by atoms with van der Waals surface area (Å²) >= 11 is 0. The highest BCUT2D eigenvalue weighted by Gasteiger charge is 2.17. The van der Waals surface area contributed by atoms with E-state index in [0.717, 1.165) is 12.8 Å². The first-order valence-corrected chi connectivity index (χ1v) is 11.3. The Kier molecular flexibility index (Phi) is 14.8. The fraction of sp³-hybridized carbons (Fsp3) is 0.783. The minimum atomic E-state index is 0.126. The van der Waals surface area contributed by atoms with E-state index < -0.39 is 0 Å². The number of nitrogens with zero attached hydrogens (tertiary/aromatic N) is 2. The van der Waals surface area contributed by atoms with Gasteiger partial charge in [0.25, 0.3) is 0 Å². The highest BCUT2D eigenvalue weighted by Crippen LogP contribution is 2.12. The van der Waals surface area contributed by atoms with Crippen LogP contribution in [0.3, 0.4) is 0 Å². The van der Waals surface area contributed by atoms with Crippen molar-refractivity contribution in [2.24, 2.45) is 0 Å². The molecule has 0 saturated carbocycles. The van der Waals surface area contributed by atoms with Crippen LogP contribution in [0.1, 0.15) is 96.8 Å². The summed E-state index contributed by atoms with van der Waals surface area (Å²) in [4.78, 5) is 15.8. The number of allylic oxidation sites excluding steroid dienone is 2. The molecule has 1 heterocycles. The molecule has 1 N–H and O–H groups in total. The van der Waals surface area contributed by atoms with Crippen LogP contribution in [0, 0.1) is 0 Å². The topological polar surface area (TPSA) is 43.8 Å². The van der Waals surface area contributed by atoms with E-state index in [1.165, 1.54) is 70.6 Å². The summed E-state index contributed by atoms with van der Waals surface area (Å²) < 4.78 is 0. The van der Waals surface area contributed by atoms with Gasteiger partial charge < -0.3 is 10.0 Å². The third-order valence-electron chi connectivity index (χ3n) is 5.15. The average molecular weight is 379 g/mol. The molecule has 0 unspecified atom stereocenters. The highest BCUT2D eigenvalue weighted by molar-refractivity contribution is 5.77. The normalized spacial score (nSPS) is 14.0. The standard InChI is InChI=1S/C23H42N2O2/c1-2-3-4-5-6-7-8-9-10-11-12-13-14-15-16-17-23(27)25-19-18-24(22-25)20-21-26/h9-10,18-19,26H,2-8,11-17,20-22H2,1H3/b10-9-. The monoisotopic (exact) mass is 378 g/mol. The number of amides is 1. The molecule has 0 radical (unpaired) electrons. The lowest BCUT2D eigenvalue weighted by atomic mass is 10.1. The molecule has 27 heavy (non-hydrogen) atoms. The maximum Gasteiger partial charge on any atom is 0.228 e. The van der Waals surface area contributed by atoms with E-state index in [0.29, 0.717) is 19.6 Å². The molecule has 0 aromatic carbocycles. The number of unbranched alkanes of at least 4 members (excludes halogenated alkanes) is 11. The second-order valence-electron chi connectivity index (χ2n) is 7.67. The van der Waals surface area contributed by atoms with E-state index in [9.17, 15) is 4.79 Å². The van der Waals surface area contributed by atoms with Crippen LogP contribution in [0.25, 0.3) is 0 Å². The second kappa shape index (κ2) is 16.9. The van der Waals surface area contributed by atoms with E-state index in [1.807, 2.05) is 17.3 Å². The van der Waals surface area contributed by atoms with Crippen LogP contribution in [0.2, 0.25) is 0 Å². The fourth-order valence-electron chi connectivity index (χ4n) is 3.39. The van der Waals surface area contributed by atoms with Gasteiger partial charge in [-0.2, -0.15) is 0 Å². The number of aliphatic hydroxyl groups is 1. The van der Waals surface area contributed by atoms with Gasteiger partial charge in [0.1, 0.15) is 0 Å².